The first kappa shape index (κ1) is 29.1. The maximum atomic E-state index is 13.1. The Morgan fingerprint density at radius 2 is 1.75 bits per heavy atom. The Balaban J connectivity index is 1.30. The first-order chi connectivity index (χ1) is 21.2. The number of piperidine rings is 1. The van der Waals surface area contributed by atoms with Crippen LogP contribution >= 0.6 is 0 Å². The van der Waals surface area contributed by atoms with Crippen LogP contribution in [0.5, 0.6) is 0 Å². The fraction of sp³-hybridized carbons (Fsp3) is 0.323. The van der Waals surface area contributed by atoms with E-state index in [1.807, 2.05) is 36.7 Å². The van der Waals surface area contributed by atoms with Crippen molar-refractivity contribution >= 4 is 40.0 Å². The molecule has 0 aliphatic carbocycles. The average Bonchev–Trinajstić information content (AvgIpc) is 3.64. The summed E-state index contributed by atoms with van der Waals surface area (Å²) in [6, 6.07) is 13.6. The Hall–Kier alpha value is -5.01. The summed E-state index contributed by atoms with van der Waals surface area (Å²) in [4.78, 5) is 34.9. The normalized spacial score (nSPS) is 14.0. The van der Waals surface area contributed by atoms with Gasteiger partial charge in [-0.2, -0.15) is 4.98 Å². The number of benzene rings is 2. The molecule has 228 valence electrons. The molecular formula is C31H36N10O3. The average molecular weight is 597 g/mol. The first-order valence-electron chi connectivity index (χ1n) is 14.7. The molecule has 0 atom stereocenters. The van der Waals surface area contributed by atoms with Crippen LogP contribution in [0.1, 0.15) is 45.2 Å². The SMILES string of the molecule is CC(=O)Nc1ccc(-c2nnc(-c3ccc(N4CCC(N)CC4)cc3)o2)cc1Nc1nc2c(c(CN)cn2C(C)C)c(=O)[nH]1. The minimum atomic E-state index is -0.314. The summed E-state index contributed by atoms with van der Waals surface area (Å²) in [6.07, 6.45) is 3.82. The second-order valence-electron chi connectivity index (χ2n) is 11.3. The van der Waals surface area contributed by atoms with Gasteiger partial charge in [0.05, 0.1) is 16.8 Å². The number of amides is 1. The molecular weight excluding hydrogens is 560 g/mol. The molecule has 13 heteroatoms. The monoisotopic (exact) mass is 596 g/mol. The van der Waals surface area contributed by atoms with Gasteiger partial charge in [-0.05, 0) is 74.7 Å². The van der Waals surface area contributed by atoms with Crippen molar-refractivity contribution in [2.75, 3.05) is 28.6 Å². The second kappa shape index (κ2) is 11.9. The van der Waals surface area contributed by atoms with Crippen LogP contribution in [0, 0.1) is 0 Å². The smallest absolute Gasteiger partial charge is 0.262 e. The van der Waals surface area contributed by atoms with Crippen LogP contribution in [0.25, 0.3) is 33.9 Å². The predicted molar refractivity (Wildman–Crippen MR) is 171 cm³/mol. The van der Waals surface area contributed by atoms with Crippen molar-refractivity contribution in [2.24, 2.45) is 11.5 Å². The summed E-state index contributed by atoms with van der Waals surface area (Å²) in [5, 5.41) is 15.0. The fourth-order valence-corrected chi connectivity index (χ4v) is 5.47. The lowest BCUT2D eigenvalue weighted by Crippen LogP contribution is -2.39. The molecule has 0 saturated carbocycles. The number of aromatic nitrogens is 5. The molecule has 1 fully saturated rings. The number of hydrogen-bond donors (Lipinski definition) is 5. The van der Waals surface area contributed by atoms with E-state index in [2.05, 4.69) is 42.8 Å². The van der Waals surface area contributed by atoms with E-state index in [1.54, 1.807) is 18.2 Å². The van der Waals surface area contributed by atoms with Gasteiger partial charge in [0.15, 0.2) is 0 Å². The maximum absolute atomic E-state index is 13.1. The van der Waals surface area contributed by atoms with Crippen LogP contribution in [0.3, 0.4) is 0 Å². The molecule has 1 aliphatic heterocycles. The van der Waals surface area contributed by atoms with E-state index in [4.69, 9.17) is 20.9 Å². The molecule has 44 heavy (non-hydrogen) atoms. The number of aromatic amines is 1. The minimum Gasteiger partial charge on any atom is -0.416 e. The molecule has 6 rings (SSSR count). The summed E-state index contributed by atoms with van der Waals surface area (Å²) >= 11 is 0. The van der Waals surface area contributed by atoms with E-state index in [1.165, 1.54) is 6.92 Å². The van der Waals surface area contributed by atoms with Gasteiger partial charge in [0.2, 0.25) is 23.6 Å². The first-order valence-corrected chi connectivity index (χ1v) is 14.7. The number of nitrogens with one attached hydrogen (secondary N) is 3. The Kier molecular flexibility index (Phi) is 7.89. The zero-order valence-corrected chi connectivity index (χ0v) is 24.9. The van der Waals surface area contributed by atoms with Gasteiger partial charge in [0.1, 0.15) is 5.65 Å². The van der Waals surface area contributed by atoms with Crippen LogP contribution in [-0.4, -0.2) is 49.8 Å². The van der Waals surface area contributed by atoms with Crippen molar-refractivity contribution in [3.8, 4) is 22.9 Å². The zero-order chi connectivity index (χ0) is 31.0. The van der Waals surface area contributed by atoms with Crippen molar-refractivity contribution in [1.29, 1.82) is 0 Å². The standard InChI is InChI=1S/C31H36N10O3/c1-17(2)41-16-21(15-32)26-27(41)36-31(37-28(26)43)35-25-14-20(6-9-24(25)34-18(3)42)30-39-38-29(44-30)19-4-7-23(8-5-19)40-12-10-22(33)11-13-40/h4-9,14,16-17,22H,10-13,15,32-33H2,1-3H3,(H,34,42)(H2,35,36,37,43). The Morgan fingerprint density at radius 3 is 2.41 bits per heavy atom. The van der Waals surface area contributed by atoms with Crippen molar-refractivity contribution < 1.29 is 9.21 Å². The van der Waals surface area contributed by atoms with E-state index in [9.17, 15) is 9.59 Å². The molecule has 1 amide bonds. The van der Waals surface area contributed by atoms with Crippen molar-refractivity contribution in [3.05, 3.63) is 64.6 Å². The van der Waals surface area contributed by atoms with Crippen LogP contribution in [0.4, 0.5) is 23.0 Å². The molecule has 1 aliphatic rings. The third kappa shape index (κ3) is 5.79. The van der Waals surface area contributed by atoms with Gasteiger partial charge in [0.25, 0.3) is 5.56 Å². The Morgan fingerprint density at radius 1 is 1.07 bits per heavy atom. The number of fused-ring (bicyclic) bond motifs is 1. The summed E-state index contributed by atoms with van der Waals surface area (Å²) < 4.78 is 7.97. The van der Waals surface area contributed by atoms with E-state index in [0.717, 1.165) is 37.2 Å². The highest BCUT2D eigenvalue weighted by Crippen LogP contribution is 2.33. The van der Waals surface area contributed by atoms with E-state index in [0.29, 0.717) is 45.3 Å². The highest BCUT2D eigenvalue weighted by atomic mass is 16.4. The van der Waals surface area contributed by atoms with Gasteiger partial charge in [-0.25, -0.2) is 0 Å². The molecule has 5 aromatic rings. The summed E-state index contributed by atoms with van der Waals surface area (Å²) in [5.41, 5.74) is 16.4. The van der Waals surface area contributed by atoms with Gasteiger partial charge in [-0.1, -0.05) is 0 Å². The Bertz CT molecular complexity index is 1860. The van der Waals surface area contributed by atoms with Gasteiger partial charge in [0, 0.05) is 61.7 Å². The molecule has 3 aromatic heterocycles. The number of carbonyl (C=O) groups is 1. The van der Waals surface area contributed by atoms with Crippen LogP contribution < -0.4 is 32.6 Å². The molecule has 0 spiro atoms. The van der Waals surface area contributed by atoms with Crippen molar-refractivity contribution in [1.82, 2.24) is 24.7 Å². The molecule has 0 bridgehead atoms. The third-order valence-electron chi connectivity index (χ3n) is 7.81. The van der Waals surface area contributed by atoms with E-state index < -0.39 is 0 Å². The molecule has 4 heterocycles. The van der Waals surface area contributed by atoms with Gasteiger partial charge in [-0.3, -0.25) is 14.6 Å². The van der Waals surface area contributed by atoms with Crippen molar-refractivity contribution in [3.63, 3.8) is 0 Å². The molecule has 1 saturated heterocycles. The van der Waals surface area contributed by atoms with Crippen LogP contribution in [-0.2, 0) is 11.3 Å². The molecule has 0 unspecified atom stereocenters. The number of rotatable bonds is 8. The van der Waals surface area contributed by atoms with Gasteiger partial charge in [-0.15, -0.1) is 10.2 Å². The lowest BCUT2D eigenvalue weighted by Gasteiger charge is -2.32. The highest BCUT2D eigenvalue weighted by Gasteiger charge is 2.19. The largest absolute Gasteiger partial charge is 0.416 e. The lowest BCUT2D eigenvalue weighted by atomic mass is 10.1. The fourth-order valence-electron chi connectivity index (χ4n) is 5.47. The number of carbonyl (C=O) groups excluding carboxylic acids is 1. The van der Waals surface area contributed by atoms with E-state index in [-0.39, 0.29) is 36.0 Å². The third-order valence-corrected chi connectivity index (χ3v) is 7.81. The summed E-state index contributed by atoms with van der Waals surface area (Å²) in [6.45, 7) is 7.52. The number of anilines is 4. The molecule has 7 N–H and O–H groups in total. The van der Waals surface area contributed by atoms with Gasteiger partial charge >= 0.3 is 0 Å². The zero-order valence-electron chi connectivity index (χ0n) is 24.9. The maximum Gasteiger partial charge on any atom is 0.262 e. The van der Waals surface area contributed by atoms with E-state index >= 15 is 0 Å². The number of H-pyrrole nitrogens is 1. The predicted octanol–water partition coefficient (Wildman–Crippen LogP) is 4.11. The molecule has 2 aromatic carbocycles. The molecule has 0 radical (unpaired) electrons. The second-order valence-corrected chi connectivity index (χ2v) is 11.3. The van der Waals surface area contributed by atoms with Crippen LogP contribution in [0.15, 0.2) is 57.9 Å². The lowest BCUT2D eigenvalue weighted by molar-refractivity contribution is -0.114. The summed E-state index contributed by atoms with van der Waals surface area (Å²) in [7, 11) is 0. The summed E-state index contributed by atoms with van der Waals surface area (Å²) in [5.74, 6) is 0.630. The quantitative estimate of drug-likeness (QED) is 0.174. The minimum absolute atomic E-state index is 0.0600. The Labute approximate surface area is 253 Å². The van der Waals surface area contributed by atoms with Crippen molar-refractivity contribution in [2.45, 2.75) is 52.2 Å². The van der Waals surface area contributed by atoms with Crippen LogP contribution in [0.2, 0.25) is 0 Å². The number of nitrogens with two attached hydrogens (primary N) is 2. The molecule has 13 nitrogen and oxygen atoms in total. The number of nitrogens with zero attached hydrogens (tertiary/aromatic N) is 5. The highest BCUT2D eigenvalue weighted by molar-refractivity contribution is 5.94. The van der Waals surface area contributed by atoms with Gasteiger partial charge < -0.3 is 36.0 Å². The topological polar surface area (TPSA) is 186 Å². The number of hydrogen-bond acceptors (Lipinski definition) is 10.